The highest BCUT2D eigenvalue weighted by atomic mass is 16.1. The first-order valence-electron chi connectivity index (χ1n) is 6.66. The molecule has 0 amide bonds. The summed E-state index contributed by atoms with van der Waals surface area (Å²) in [5.74, 6) is 0.944. The Morgan fingerprint density at radius 2 is 2.28 bits per heavy atom. The molecule has 1 fully saturated rings. The fourth-order valence-electron chi connectivity index (χ4n) is 2.26. The second-order valence-corrected chi connectivity index (χ2v) is 4.82. The first kappa shape index (κ1) is 13.0. The molecule has 0 aromatic carbocycles. The Kier molecular flexibility index (Phi) is 5.09. The molecular weight excluding hydrogens is 224 g/mol. The fraction of sp³-hybridized carbons (Fsp3) is 0.467. The zero-order chi connectivity index (χ0) is 12.6. The van der Waals surface area contributed by atoms with Crippen LogP contribution in [0, 0.1) is 5.92 Å². The van der Waals surface area contributed by atoms with E-state index in [2.05, 4.69) is 10.3 Å². The molecular formula is C15H20N2O. The van der Waals surface area contributed by atoms with Gasteiger partial charge < -0.3 is 5.32 Å². The molecule has 1 N–H and O–H groups in total. The average molecular weight is 244 g/mol. The summed E-state index contributed by atoms with van der Waals surface area (Å²) < 4.78 is 0. The van der Waals surface area contributed by atoms with Gasteiger partial charge in [-0.3, -0.25) is 9.78 Å². The summed E-state index contributed by atoms with van der Waals surface area (Å²) in [4.78, 5) is 15.7. The monoisotopic (exact) mass is 244 g/mol. The number of hydrogen-bond acceptors (Lipinski definition) is 3. The Labute approximate surface area is 108 Å². The van der Waals surface area contributed by atoms with Crippen molar-refractivity contribution in [1.29, 1.82) is 0 Å². The van der Waals surface area contributed by atoms with Gasteiger partial charge in [0.1, 0.15) is 0 Å². The minimum absolute atomic E-state index is 0.220. The lowest BCUT2D eigenvalue weighted by atomic mass is 9.92. The van der Waals surface area contributed by atoms with Crippen molar-refractivity contribution in [3.05, 3.63) is 36.2 Å². The van der Waals surface area contributed by atoms with E-state index in [1.54, 1.807) is 18.5 Å². The normalized spacial score (nSPS) is 17.1. The molecule has 3 nitrogen and oxygen atoms in total. The van der Waals surface area contributed by atoms with E-state index in [9.17, 15) is 4.79 Å². The number of aromatic nitrogens is 1. The van der Waals surface area contributed by atoms with Gasteiger partial charge in [0.15, 0.2) is 5.78 Å². The van der Waals surface area contributed by atoms with Gasteiger partial charge in [-0.05, 0) is 62.1 Å². The Morgan fingerprint density at radius 1 is 1.44 bits per heavy atom. The van der Waals surface area contributed by atoms with Crippen LogP contribution in [0.5, 0.6) is 0 Å². The van der Waals surface area contributed by atoms with Crippen molar-refractivity contribution in [2.24, 2.45) is 5.92 Å². The molecule has 0 saturated carbocycles. The molecule has 0 bridgehead atoms. The first-order valence-corrected chi connectivity index (χ1v) is 6.66. The maximum Gasteiger partial charge on any atom is 0.155 e. The topological polar surface area (TPSA) is 42.0 Å². The van der Waals surface area contributed by atoms with E-state index in [1.165, 1.54) is 12.8 Å². The lowest BCUT2D eigenvalue weighted by Crippen LogP contribution is -2.27. The van der Waals surface area contributed by atoms with Crippen LogP contribution in [0.3, 0.4) is 0 Å². The van der Waals surface area contributed by atoms with Crippen LogP contribution in [0.1, 0.15) is 31.2 Å². The van der Waals surface area contributed by atoms with E-state index in [-0.39, 0.29) is 5.78 Å². The van der Waals surface area contributed by atoms with E-state index in [4.69, 9.17) is 0 Å². The van der Waals surface area contributed by atoms with Gasteiger partial charge in [-0.1, -0.05) is 6.07 Å². The summed E-state index contributed by atoms with van der Waals surface area (Å²) >= 11 is 0. The summed E-state index contributed by atoms with van der Waals surface area (Å²) in [7, 11) is 0. The Balaban J connectivity index is 1.73. The van der Waals surface area contributed by atoms with E-state index in [0.29, 0.717) is 6.42 Å². The third-order valence-electron chi connectivity index (χ3n) is 3.40. The fourth-order valence-corrected chi connectivity index (χ4v) is 2.26. The molecule has 18 heavy (non-hydrogen) atoms. The molecule has 2 rings (SSSR count). The van der Waals surface area contributed by atoms with Gasteiger partial charge in [0.05, 0.1) is 0 Å². The molecule has 3 heteroatoms. The van der Waals surface area contributed by atoms with Crippen molar-refractivity contribution in [2.75, 3.05) is 13.1 Å². The van der Waals surface area contributed by atoms with Gasteiger partial charge in [-0.2, -0.15) is 0 Å². The second kappa shape index (κ2) is 7.07. The molecule has 0 radical (unpaired) electrons. The molecule has 1 aliphatic rings. The number of rotatable bonds is 5. The van der Waals surface area contributed by atoms with Crippen LogP contribution in [0.25, 0.3) is 6.08 Å². The third-order valence-corrected chi connectivity index (χ3v) is 3.40. The second-order valence-electron chi connectivity index (χ2n) is 4.82. The highest BCUT2D eigenvalue weighted by molar-refractivity contribution is 5.93. The van der Waals surface area contributed by atoms with Crippen LogP contribution in [-0.2, 0) is 4.79 Å². The largest absolute Gasteiger partial charge is 0.317 e. The summed E-state index contributed by atoms with van der Waals surface area (Å²) in [6.45, 7) is 2.20. The van der Waals surface area contributed by atoms with Crippen LogP contribution in [0.15, 0.2) is 30.6 Å². The van der Waals surface area contributed by atoms with Gasteiger partial charge in [0, 0.05) is 18.8 Å². The maximum absolute atomic E-state index is 11.7. The van der Waals surface area contributed by atoms with Crippen LogP contribution in [0.2, 0.25) is 0 Å². The van der Waals surface area contributed by atoms with Crippen molar-refractivity contribution in [1.82, 2.24) is 10.3 Å². The van der Waals surface area contributed by atoms with Crippen molar-refractivity contribution in [3.63, 3.8) is 0 Å². The van der Waals surface area contributed by atoms with Gasteiger partial charge in [0.25, 0.3) is 0 Å². The van der Waals surface area contributed by atoms with Crippen LogP contribution < -0.4 is 5.32 Å². The van der Waals surface area contributed by atoms with Gasteiger partial charge in [-0.25, -0.2) is 0 Å². The van der Waals surface area contributed by atoms with E-state index >= 15 is 0 Å². The number of ketones is 1. The molecule has 1 aromatic heterocycles. The molecule has 0 unspecified atom stereocenters. The first-order chi connectivity index (χ1) is 8.84. The highest BCUT2D eigenvalue weighted by Crippen LogP contribution is 2.18. The molecule has 96 valence electrons. The van der Waals surface area contributed by atoms with Crippen molar-refractivity contribution >= 4 is 11.9 Å². The zero-order valence-electron chi connectivity index (χ0n) is 10.6. The number of nitrogens with zero attached hydrogens (tertiary/aromatic N) is 1. The Morgan fingerprint density at radius 3 is 3.00 bits per heavy atom. The lowest BCUT2D eigenvalue weighted by molar-refractivity contribution is -0.114. The molecule has 2 heterocycles. The number of allylic oxidation sites excluding steroid dienone is 1. The maximum atomic E-state index is 11.7. The predicted octanol–water partition coefficient (Wildman–Crippen LogP) is 2.44. The predicted molar refractivity (Wildman–Crippen MR) is 73.1 cm³/mol. The van der Waals surface area contributed by atoms with Gasteiger partial charge >= 0.3 is 0 Å². The number of hydrogen-bond donors (Lipinski definition) is 1. The molecule has 1 saturated heterocycles. The standard InChI is InChI=1S/C15H20N2O/c18-15(5-3-13-7-10-16-11-8-13)6-4-14-2-1-9-17-12-14/h1-2,4,6,9,12-13,16H,3,5,7-8,10-11H2/b6-4+. The van der Waals surface area contributed by atoms with Crippen molar-refractivity contribution in [2.45, 2.75) is 25.7 Å². The number of nitrogens with one attached hydrogen (secondary N) is 1. The Hall–Kier alpha value is -1.48. The number of piperidine rings is 1. The Bertz CT molecular complexity index is 394. The van der Waals surface area contributed by atoms with Gasteiger partial charge in [-0.15, -0.1) is 0 Å². The number of carbonyl (C=O) groups is 1. The quantitative estimate of drug-likeness (QED) is 0.809. The molecule has 1 aromatic rings. The van der Waals surface area contributed by atoms with Gasteiger partial charge in [0.2, 0.25) is 0 Å². The molecule has 0 spiro atoms. The molecule has 1 aliphatic heterocycles. The SMILES string of the molecule is O=C(/C=C/c1cccnc1)CCC1CCNCC1. The number of carbonyl (C=O) groups excluding carboxylic acids is 1. The van der Waals surface area contributed by atoms with E-state index < -0.39 is 0 Å². The summed E-state index contributed by atoms with van der Waals surface area (Å²) in [5.41, 5.74) is 0.979. The van der Waals surface area contributed by atoms with Crippen LogP contribution in [-0.4, -0.2) is 23.9 Å². The summed E-state index contributed by atoms with van der Waals surface area (Å²) in [6, 6.07) is 3.82. The van der Waals surface area contributed by atoms with Crippen LogP contribution >= 0.6 is 0 Å². The summed E-state index contributed by atoms with van der Waals surface area (Å²) in [5, 5.41) is 3.34. The zero-order valence-corrected chi connectivity index (χ0v) is 10.6. The van der Waals surface area contributed by atoms with Crippen molar-refractivity contribution < 1.29 is 4.79 Å². The lowest BCUT2D eigenvalue weighted by Gasteiger charge is -2.21. The molecule has 0 atom stereocenters. The van der Waals surface area contributed by atoms with E-state index in [0.717, 1.165) is 31.0 Å². The minimum atomic E-state index is 0.220. The molecule has 0 aliphatic carbocycles. The smallest absolute Gasteiger partial charge is 0.155 e. The van der Waals surface area contributed by atoms with E-state index in [1.807, 2.05) is 18.2 Å². The third kappa shape index (κ3) is 4.41. The number of pyridine rings is 1. The summed E-state index contributed by atoms with van der Waals surface area (Å²) in [6.07, 6.45) is 11.1. The minimum Gasteiger partial charge on any atom is -0.317 e. The average Bonchev–Trinajstić information content (AvgIpc) is 2.45. The highest BCUT2D eigenvalue weighted by Gasteiger charge is 2.13. The van der Waals surface area contributed by atoms with Crippen molar-refractivity contribution in [3.8, 4) is 0 Å². The van der Waals surface area contributed by atoms with Crippen LogP contribution in [0.4, 0.5) is 0 Å².